The molecule has 0 radical (unpaired) electrons. The Morgan fingerprint density at radius 1 is 1.37 bits per heavy atom. The lowest BCUT2D eigenvalue weighted by Crippen LogP contribution is -2.50. The van der Waals surface area contributed by atoms with Crippen LogP contribution in [0.1, 0.15) is 5.56 Å². The van der Waals surface area contributed by atoms with E-state index in [4.69, 9.17) is 9.47 Å². The highest BCUT2D eigenvalue weighted by atomic mass is 35.5. The van der Waals surface area contributed by atoms with Gasteiger partial charge in [0.25, 0.3) is 0 Å². The topological polar surface area (TPSA) is 59.6 Å². The van der Waals surface area contributed by atoms with Gasteiger partial charge in [-0.3, -0.25) is 4.79 Å². The monoisotopic (exact) mass is 286 g/mol. The van der Waals surface area contributed by atoms with Gasteiger partial charge in [0, 0.05) is 25.2 Å². The van der Waals surface area contributed by atoms with E-state index in [2.05, 4.69) is 10.6 Å². The highest BCUT2D eigenvalue weighted by molar-refractivity contribution is 5.85. The third-order valence-electron chi connectivity index (χ3n) is 3.09. The minimum atomic E-state index is 0. The second kappa shape index (κ2) is 7.21. The van der Waals surface area contributed by atoms with Gasteiger partial charge in [-0.05, 0) is 6.07 Å². The van der Waals surface area contributed by atoms with Crippen molar-refractivity contribution in [1.29, 1.82) is 0 Å². The summed E-state index contributed by atoms with van der Waals surface area (Å²) in [6.45, 7) is 1.98. The maximum atomic E-state index is 11.7. The van der Waals surface area contributed by atoms with Gasteiger partial charge in [0.15, 0.2) is 11.5 Å². The Kier molecular flexibility index (Phi) is 5.92. The van der Waals surface area contributed by atoms with E-state index in [1.807, 2.05) is 18.2 Å². The minimum absolute atomic E-state index is 0. The largest absolute Gasteiger partial charge is 0.493 e. The molecule has 1 aromatic carbocycles. The van der Waals surface area contributed by atoms with Crippen LogP contribution in [0, 0.1) is 5.92 Å². The molecule has 2 rings (SSSR count). The summed E-state index contributed by atoms with van der Waals surface area (Å²) in [5.74, 6) is 1.53. The predicted octanol–water partition coefficient (Wildman–Crippen LogP) is 0.961. The second-order valence-electron chi connectivity index (χ2n) is 4.23. The zero-order valence-corrected chi connectivity index (χ0v) is 11.9. The fraction of sp³-hybridized carbons (Fsp3) is 0.462. The number of hydrogen-bond acceptors (Lipinski definition) is 4. The standard InChI is InChI=1S/C13H18N2O3.ClH/c1-17-11-5-3-4-9(12(11)18-2)8-15-13(16)10-6-14-7-10;/h3-5,10,14H,6-8H2,1-2H3,(H,15,16);1H. The Morgan fingerprint density at radius 2 is 2.11 bits per heavy atom. The van der Waals surface area contributed by atoms with Crippen molar-refractivity contribution >= 4 is 18.3 Å². The van der Waals surface area contributed by atoms with E-state index in [1.165, 1.54) is 0 Å². The van der Waals surface area contributed by atoms with Crippen LogP contribution in [0.4, 0.5) is 0 Å². The molecule has 1 fully saturated rings. The fourth-order valence-electron chi connectivity index (χ4n) is 1.89. The molecule has 0 unspecified atom stereocenters. The van der Waals surface area contributed by atoms with Crippen molar-refractivity contribution in [2.24, 2.45) is 5.92 Å². The number of benzene rings is 1. The van der Waals surface area contributed by atoms with Crippen LogP contribution in [-0.4, -0.2) is 33.2 Å². The first kappa shape index (κ1) is 15.6. The van der Waals surface area contributed by atoms with Crippen molar-refractivity contribution in [2.45, 2.75) is 6.54 Å². The Morgan fingerprint density at radius 3 is 2.63 bits per heavy atom. The van der Waals surface area contributed by atoms with Crippen LogP contribution in [0.25, 0.3) is 0 Å². The van der Waals surface area contributed by atoms with Crippen LogP contribution in [0.5, 0.6) is 11.5 Å². The maximum Gasteiger partial charge on any atom is 0.225 e. The first-order valence-corrected chi connectivity index (χ1v) is 5.94. The highest BCUT2D eigenvalue weighted by Gasteiger charge is 2.24. The molecule has 0 saturated carbocycles. The summed E-state index contributed by atoms with van der Waals surface area (Å²) in [5.41, 5.74) is 0.914. The Hall–Kier alpha value is -1.46. The number of hydrogen-bond donors (Lipinski definition) is 2. The van der Waals surface area contributed by atoms with Gasteiger partial charge in [-0.25, -0.2) is 0 Å². The first-order valence-electron chi connectivity index (χ1n) is 5.94. The number of rotatable bonds is 5. The van der Waals surface area contributed by atoms with Crippen LogP contribution in [-0.2, 0) is 11.3 Å². The minimum Gasteiger partial charge on any atom is -0.493 e. The van der Waals surface area contributed by atoms with E-state index < -0.39 is 0 Å². The number of ether oxygens (including phenoxy) is 2. The molecule has 1 aromatic rings. The highest BCUT2D eigenvalue weighted by Crippen LogP contribution is 2.30. The van der Waals surface area contributed by atoms with Crippen LogP contribution in [0.2, 0.25) is 0 Å². The molecular weight excluding hydrogens is 268 g/mol. The molecule has 1 aliphatic heterocycles. The fourth-order valence-corrected chi connectivity index (χ4v) is 1.89. The van der Waals surface area contributed by atoms with Gasteiger partial charge in [0.1, 0.15) is 0 Å². The lowest BCUT2D eigenvalue weighted by atomic mass is 10.0. The van der Waals surface area contributed by atoms with E-state index >= 15 is 0 Å². The lowest BCUT2D eigenvalue weighted by Gasteiger charge is -2.26. The molecule has 0 atom stereocenters. The molecule has 106 valence electrons. The zero-order chi connectivity index (χ0) is 13.0. The normalized spacial score (nSPS) is 14.0. The van der Waals surface area contributed by atoms with E-state index in [-0.39, 0.29) is 24.2 Å². The maximum absolute atomic E-state index is 11.7. The molecule has 5 nitrogen and oxygen atoms in total. The van der Waals surface area contributed by atoms with Crippen molar-refractivity contribution in [2.75, 3.05) is 27.3 Å². The van der Waals surface area contributed by atoms with E-state index in [0.717, 1.165) is 18.7 Å². The predicted molar refractivity (Wildman–Crippen MR) is 75.0 cm³/mol. The third-order valence-corrected chi connectivity index (χ3v) is 3.09. The van der Waals surface area contributed by atoms with Gasteiger partial charge in [-0.1, -0.05) is 12.1 Å². The molecule has 1 aliphatic rings. The molecular formula is C13H19ClN2O3. The molecule has 6 heteroatoms. The van der Waals surface area contributed by atoms with Crippen molar-refractivity contribution in [3.63, 3.8) is 0 Å². The summed E-state index contributed by atoms with van der Waals surface area (Å²) in [5, 5.41) is 5.99. The zero-order valence-electron chi connectivity index (χ0n) is 11.1. The number of methoxy groups -OCH3 is 2. The average molecular weight is 287 g/mol. The summed E-state index contributed by atoms with van der Waals surface area (Å²) >= 11 is 0. The summed E-state index contributed by atoms with van der Waals surface area (Å²) in [7, 11) is 3.19. The van der Waals surface area contributed by atoms with Crippen molar-refractivity contribution in [1.82, 2.24) is 10.6 Å². The van der Waals surface area contributed by atoms with E-state index in [9.17, 15) is 4.79 Å². The molecule has 1 heterocycles. The number of carbonyl (C=O) groups excluding carboxylic acids is 1. The summed E-state index contributed by atoms with van der Waals surface area (Å²) in [6, 6.07) is 5.63. The molecule has 0 bridgehead atoms. The SMILES string of the molecule is COc1cccc(CNC(=O)C2CNC2)c1OC.Cl. The molecule has 1 amide bonds. The molecule has 0 spiro atoms. The number of carbonyl (C=O) groups is 1. The summed E-state index contributed by atoms with van der Waals surface area (Å²) in [4.78, 5) is 11.7. The lowest BCUT2D eigenvalue weighted by molar-refractivity contribution is -0.126. The van der Waals surface area contributed by atoms with Gasteiger partial charge >= 0.3 is 0 Å². The van der Waals surface area contributed by atoms with Gasteiger partial charge in [-0.15, -0.1) is 12.4 Å². The Balaban J connectivity index is 0.00000180. The number of nitrogens with one attached hydrogen (secondary N) is 2. The molecule has 0 aromatic heterocycles. The van der Waals surface area contributed by atoms with E-state index in [1.54, 1.807) is 14.2 Å². The van der Waals surface area contributed by atoms with Gasteiger partial charge in [0.05, 0.1) is 20.1 Å². The van der Waals surface area contributed by atoms with Crippen molar-refractivity contribution < 1.29 is 14.3 Å². The molecule has 19 heavy (non-hydrogen) atoms. The average Bonchev–Trinajstić information content (AvgIpc) is 2.33. The van der Waals surface area contributed by atoms with Crippen molar-refractivity contribution in [3.8, 4) is 11.5 Å². The molecule has 1 saturated heterocycles. The third kappa shape index (κ3) is 3.52. The molecule has 2 N–H and O–H groups in total. The number of amides is 1. The van der Waals surface area contributed by atoms with E-state index in [0.29, 0.717) is 18.0 Å². The first-order chi connectivity index (χ1) is 8.76. The quantitative estimate of drug-likeness (QED) is 0.846. The van der Waals surface area contributed by atoms with Gasteiger partial charge in [0.2, 0.25) is 5.91 Å². The van der Waals surface area contributed by atoms with Gasteiger partial charge in [-0.2, -0.15) is 0 Å². The summed E-state index contributed by atoms with van der Waals surface area (Å²) in [6.07, 6.45) is 0. The van der Waals surface area contributed by atoms with Crippen LogP contribution in [0.3, 0.4) is 0 Å². The van der Waals surface area contributed by atoms with Crippen LogP contribution >= 0.6 is 12.4 Å². The Labute approximate surface area is 119 Å². The van der Waals surface area contributed by atoms with Gasteiger partial charge < -0.3 is 20.1 Å². The number of para-hydroxylation sites is 1. The smallest absolute Gasteiger partial charge is 0.225 e. The van der Waals surface area contributed by atoms with Crippen molar-refractivity contribution in [3.05, 3.63) is 23.8 Å². The molecule has 0 aliphatic carbocycles. The number of halogens is 1. The summed E-state index contributed by atoms with van der Waals surface area (Å²) < 4.78 is 10.5. The van der Waals surface area contributed by atoms with Crippen LogP contribution in [0.15, 0.2) is 18.2 Å². The Bertz CT molecular complexity index is 436. The van der Waals surface area contributed by atoms with Crippen LogP contribution < -0.4 is 20.1 Å². The second-order valence-corrected chi connectivity index (χ2v) is 4.23.